The molecule has 1 aromatic carbocycles. The van der Waals surface area contributed by atoms with E-state index in [0.29, 0.717) is 28.8 Å². The number of amides is 1. The molecule has 0 spiro atoms. The van der Waals surface area contributed by atoms with Gasteiger partial charge in [-0.05, 0) is 70.5 Å². The summed E-state index contributed by atoms with van der Waals surface area (Å²) in [6, 6.07) is 7.90. The number of ether oxygens (including phenoxy) is 2. The van der Waals surface area contributed by atoms with Gasteiger partial charge in [0.25, 0.3) is 0 Å². The van der Waals surface area contributed by atoms with Gasteiger partial charge in [0.05, 0.1) is 30.7 Å². The monoisotopic (exact) mass is 504 g/mol. The van der Waals surface area contributed by atoms with Crippen LogP contribution in [0.3, 0.4) is 0 Å². The Bertz CT molecular complexity index is 1430. The van der Waals surface area contributed by atoms with Crippen molar-refractivity contribution in [3.63, 3.8) is 0 Å². The second kappa shape index (κ2) is 9.74. The van der Waals surface area contributed by atoms with E-state index < -0.39 is 11.7 Å². The number of hydrogen-bond acceptors (Lipinski definition) is 8. The number of nitrogens with zero attached hydrogens (tertiary/aromatic N) is 5. The number of aromatic nitrogens is 5. The van der Waals surface area contributed by atoms with Crippen LogP contribution in [0.5, 0.6) is 5.75 Å². The molecule has 3 aromatic heterocycles. The second-order valence-electron chi connectivity index (χ2n) is 10.1. The first-order valence-electron chi connectivity index (χ1n) is 12.3. The summed E-state index contributed by atoms with van der Waals surface area (Å²) < 4.78 is 14.8. The van der Waals surface area contributed by atoms with Gasteiger partial charge in [-0.15, -0.1) is 0 Å². The normalized spacial score (nSPS) is 14.6. The minimum Gasteiger partial charge on any atom is -0.495 e. The molecule has 1 fully saturated rings. The molecule has 0 unspecified atom stereocenters. The molecule has 0 bridgehead atoms. The fourth-order valence-corrected chi connectivity index (χ4v) is 4.61. The molecular formula is C26H32N8O3. The summed E-state index contributed by atoms with van der Waals surface area (Å²) in [5.74, 6) is 0.843. The third-order valence-corrected chi connectivity index (χ3v) is 6.31. The van der Waals surface area contributed by atoms with E-state index in [1.807, 2.05) is 49.8 Å². The number of carbonyl (C=O) groups is 1. The Labute approximate surface area is 215 Å². The molecular weight excluding hydrogens is 472 g/mol. The standard InChI is InChI=1S/C26H32N8O3/c1-26(2,3)37-25(35)32-20-6-5-16(11-22(20)36-4)19-12-21(34-23(19)24(27)29-15-31-34)17-13-30-33(14-17)18-7-9-28-10-8-18/h5-6,11-15,18,28H,7-10H2,1-4H3,(H,32,35)(H2,27,29,31). The Kier molecular flexibility index (Phi) is 6.46. The Morgan fingerprint density at radius 3 is 2.68 bits per heavy atom. The van der Waals surface area contributed by atoms with Gasteiger partial charge in [-0.3, -0.25) is 10.00 Å². The summed E-state index contributed by atoms with van der Waals surface area (Å²) in [5, 5.41) is 15.3. The maximum absolute atomic E-state index is 12.3. The summed E-state index contributed by atoms with van der Waals surface area (Å²) >= 11 is 0. The quantitative estimate of drug-likeness (QED) is 0.370. The zero-order valence-corrected chi connectivity index (χ0v) is 21.5. The van der Waals surface area contributed by atoms with Crippen LogP contribution in [0, 0.1) is 0 Å². The molecule has 1 aliphatic heterocycles. The van der Waals surface area contributed by atoms with E-state index in [1.165, 1.54) is 6.33 Å². The average Bonchev–Trinajstić information content (AvgIpc) is 3.50. The zero-order chi connectivity index (χ0) is 26.2. The first-order valence-corrected chi connectivity index (χ1v) is 12.3. The molecule has 0 saturated carbocycles. The largest absolute Gasteiger partial charge is 0.495 e. The van der Waals surface area contributed by atoms with Crippen molar-refractivity contribution < 1.29 is 14.3 Å². The third kappa shape index (κ3) is 5.08. The van der Waals surface area contributed by atoms with Gasteiger partial charge in [0.15, 0.2) is 5.82 Å². The van der Waals surface area contributed by atoms with Crippen LogP contribution < -0.4 is 21.1 Å². The summed E-state index contributed by atoms with van der Waals surface area (Å²) in [7, 11) is 1.55. The number of rotatable bonds is 5. The van der Waals surface area contributed by atoms with Crippen LogP contribution in [0.15, 0.2) is 43.0 Å². The van der Waals surface area contributed by atoms with E-state index in [4.69, 9.17) is 15.2 Å². The van der Waals surface area contributed by atoms with Crippen molar-refractivity contribution in [1.29, 1.82) is 0 Å². The number of nitrogens with two attached hydrogens (primary N) is 1. The number of methoxy groups -OCH3 is 1. The molecule has 1 aliphatic rings. The first kappa shape index (κ1) is 24.6. The molecule has 1 saturated heterocycles. The van der Waals surface area contributed by atoms with Crippen molar-refractivity contribution in [2.75, 3.05) is 31.2 Å². The molecule has 37 heavy (non-hydrogen) atoms. The Morgan fingerprint density at radius 2 is 1.95 bits per heavy atom. The number of piperidine rings is 1. The lowest BCUT2D eigenvalue weighted by Gasteiger charge is -2.22. The zero-order valence-electron chi connectivity index (χ0n) is 21.5. The van der Waals surface area contributed by atoms with Crippen molar-refractivity contribution in [3.8, 4) is 28.1 Å². The number of fused-ring (bicyclic) bond motifs is 1. The molecule has 194 valence electrons. The molecule has 1 amide bonds. The molecule has 5 rings (SSSR count). The van der Waals surface area contributed by atoms with E-state index in [-0.39, 0.29) is 0 Å². The number of nitrogens with one attached hydrogen (secondary N) is 2. The van der Waals surface area contributed by atoms with Gasteiger partial charge in [-0.1, -0.05) is 6.07 Å². The van der Waals surface area contributed by atoms with Crippen LogP contribution in [0.25, 0.3) is 27.9 Å². The van der Waals surface area contributed by atoms with Crippen molar-refractivity contribution in [2.24, 2.45) is 0 Å². The van der Waals surface area contributed by atoms with Crippen LogP contribution in [0.4, 0.5) is 16.3 Å². The number of hydrogen-bond donors (Lipinski definition) is 3. The molecule has 0 atom stereocenters. The topological polar surface area (TPSA) is 134 Å². The van der Waals surface area contributed by atoms with Crippen molar-refractivity contribution in [2.45, 2.75) is 45.3 Å². The Balaban J connectivity index is 1.52. The average molecular weight is 505 g/mol. The maximum Gasteiger partial charge on any atom is 0.412 e. The van der Waals surface area contributed by atoms with Crippen molar-refractivity contribution in [1.82, 2.24) is 29.7 Å². The van der Waals surface area contributed by atoms with Gasteiger partial charge in [-0.25, -0.2) is 14.3 Å². The smallest absolute Gasteiger partial charge is 0.412 e. The lowest BCUT2D eigenvalue weighted by atomic mass is 10.0. The number of anilines is 2. The Hall–Kier alpha value is -4.12. The minimum absolute atomic E-state index is 0.358. The number of nitrogen functional groups attached to an aromatic ring is 1. The lowest BCUT2D eigenvalue weighted by Crippen LogP contribution is -2.29. The van der Waals surface area contributed by atoms with E-state index in [0.717, 1.165) is 48.3 Å². The van der Waals surface area contributed by atoms with E-state index in [2.05, 4.69) is 32.0 Å². The van der Waals surface area contributed by atoms with Gasteiger partial charge in [0.2, 0.25) is 0 Å². The van der Waals surface area contributed by atoms with E-state index in [1.54, 1.807) is 17.7 Å². The molecule has 4 aromatic rings. The van der Waals surface area contributed by atoms with Crippen LogP contribution in [-0.4, -0.2) is 56.3 Å². The van der Waals surface area contributed by atoms with Gasteiger partial charge in [-0.2, -0.15) is 10.2 Å². The summed E-state index contributed by atoms with van der Waals surface area (Å²) in [4.78, 5) is 16.5. The molecule has 0 radical (unpaired) electrons. The lowest BCUT2D eigenvalue weighted by molar-refractivity contribution is 0.0635. The predicted molar refractivity (Wildman–Crippen MR) is 142 cm³/mol. The highest BCUT2D eigenvalue weighted by Crippen LogP contribution is 2.38. The molecule has 4 N–H and O–H groups in total. The van der Waals surface area contributed by atoms with Crippen LogP contribution >= 0.6 is 0 Å². The van der Waals surface area contributed by atoms with Gasteiger partial charge in [0.1, 0.15) is 23.2 Å². The van der Waals surface area contributed by atoms with Crippen LogP contribution in [0.1, 0.15) is 39.7 Å². The van der Waals surface area contributed by atoms with Gasteiger partial charge >= 0.3 is 6.09 Å². The fraction of sp³-hybridized carbons (Fsp3) is 0.385. The maximum atomic E-state index is 12.3. The van der Waals surface area contributed by atoms with Crippen molar-refractivity contribution >= 4 is 23.1 Å². The van der Waals surface area contributed by atoms with Crippen molar-refractivity contribution in [3.05, 3.63) is 43.0 Å². The van der Waals surface area contributed by atoms with E-state index >= 15 is 0 Å². The fourth-order valence-electron chi connectivity index (χ4n) is 4.61. The first-order chi connectivity index (χ1) is 17.7. The third-order valence-electron chi connectivity index (χ3n) is 6.31. The Morgan fingerprint density at radius 1 is 1.16 bits per heavy atom. The SMILES string of the molecule is COc1cc(-c2cc(-c3cnn(C4CCNCC4)c3)n3ncnc(N)c23)ccc1NC(=O)OC(C)(C)C. The highest BCUT2D eigenvalue weighted by atomic mass is 16.6. The van der Waals surface area contributed by atoms with Crippen LogP contribution in [-0.2, 0) is 4.74 Å². The van der Waals surface area contributed by atoms with Gasteiger partial charge in [0, 0.05) is 17.3 Å². The highest BCUT2D eigenvalue weighted by Gasteiger charge is 2.22. The molecule has 11 heteroatoms. The second-order valence-corrected chi connectivity index (χ2v) is 10.1. The van der Waals surface area contributed by atoms with E-state index in [9.17, 15) is 4.79 Å². The summed E-state index contributed by atoms with van der Waals surface area (Å²) in [6.45, 7) is 7.41. The number of benzene rings is 1. The molecule has 0 aliphatic carbocycles. The predicted octanol–water partition coefficient (Wildman–Crippen LogP) is 4.12. The summed E-state index contributed by atoms with van der Waals surface area (Å²) in [5.41, 5.74) is 10.4. The summed E-state index contributed by atoms with van der Waals surface area (Å²) in [6.07, 6.45) is 6.90. The minimum atomic E-state index is -0.613. The highest BCUT2D eigenvalue weighted by molar-refractivity contribution is 5.94. The molecule has 4 heterocycles. The number of carbonyl (C=O) groups excluding carboxylic acids is 1. The molecule has 11 nitrogen and oxygen atoms in total. The van der Waals surface area contributed by atoms with Crippen LogP contribution in [0.2, 0.25) is 0 Å². The van der Waals surface area contributed by atoms with Gasteiger partial charge < -0.3 is 20.5 Å².